The second-order valence-electron chi connectivity index (χ2n) is 4.83. The van der Waals surface area contributed by atoms with Crippen LogP contribution in [0.5, 0.6) is 0 Å². The minimum absolute atomic E-state index is 0.521. The van der Waals surface area contributed by atoms with Gasteiger partial charge in [0.25, 0.3) is 0 Å². The third-order valence-electron chi connectivity index (χ3n) is 3.14. The Hall–Kier alpha value is -1.70. The third-order valence-corrected chi connectivity index (χ3v) is 3.14. The molecule has 0 heterocycles. The Morgan fingerprint density at radius 2 is 1.28 bits per heavy atom. The lowest BCUT2D eigenvalue weighted by atomic mass is 9.94. The van der Waals surface area contributed by atoms with Crippen molar-refractivity contribution in [3.05, 3.63) is 69.8 Å². The van der Waals surface area contributed by atoms with Gasteiger partial charge in [0.15, 0.2) is 0 Å². The average molecular weight is 246 g/mol. The summed E-state index contributed by atoms with van der Waals surface area (Å²) in [4.78, 5) is 0. The molecule has 0 atom stereocenters. The van der Waals surface area contributed by atoms with Crippen molar-refractivity contribution in [3.8, 4) is 0 Å². The van der Waals surface area contributed by atoms with Crippen LogP contribution in [0.4, 0.5) is 8.78 Å². The van der Waals surface area contributed by atoms with Gasteiger partial charge in [-0.3, -0.25) is 0 Å². The molecule has 0 aliphatic heterocycles. The number of benzene rings is 2. The number of rotatable bonds is 2. The van der Waals surface area contributed by atoms with E-state index in [1.165, 1.54) is 17.7 Å². The van der Waals surface area contributed by atoms with Gasteiger partial charge in [0.1, 0.15) is 11.6 Å². The lowest BCUT2D eigenvalue weighted by Gasteiger charge is -2.11. The van der Waals surface area contributed by atoms with Gasteiger partial charge >= 0.3 is 0 Å². The fourth-order valence-electron chi connectivity index (χ4n) is 2.41. The van der Waals surface area contributed by atoms with E-state index < -0.39 is 11.6 Å². The van der Waals surface area contributed by atoms with Crippen LogP contribution in [0.25, 0.3) is 0 Å². The summed E-state index contributed by atoms with van der Waals surface area (Å²) in [7, 11) is 0. The summed E-state index contributed by atoms with van der Waals surface area (Å²) in [5.74, 6) is -1.04. The predicted octanol–water partition coefficient (Wildman–Crippen LogP) is 4.48. The van der Waals surface area contributed by atoms with Crippen LogP contribution in [0.15, 0.2) is 30.3 Å². The lowest BCUT2D eigenvalue weighted by molar-refractivity contribution is 0.580. The standard InChI is InChI=1S/C16H16F2/c1-10-4-11(2)16(12(3)5-10)8-13-6-14(17)9-15(18)7-13/h4-7,9H,8H2,1-3H3. The van der Waals surface area contributed by atoms with E-state index in [1.54, 1.807) is 0 Å². The molecular formula is C16H16F2. The van der Waals surface area contributed by atoms with Crippen molar-refractivity contribution < 1.29 is 8.78 Å². The van der Waals surface area contributed by atoms with Gasteiger partial charge in [-0.1, -0.05) is 17.7 Å². The first-order valence-electron chi connectivity index (χ1n) is 5.97. The molecule has 0 unspecified atom stereocenters. The predicted molar refractivity (Wildman–Crippen MR) is 69.8 cm³/mol. The molecule has 94 valence electrons. The Bertz CT molecular complexity index is 542. The zero-order valence-electron chi connectivity index (χ0n) is 10.8. The fraction of sp³-hybridized carbons (Fsp3) is 0.250. The molecule has 0 N–H and O–H groups in total. The van der Waals surface area contributed by atoms with E-state index in [0.29, 0.717) is 12.0 Å². The summed E-state index contributed by atoms with van der Waals surface area (Å²) < 4.78 is 26.3. The van der Waals surface area contributed by atoms with Crippen LogP contribution in [-0.4, -0.2) is 0 Å². The minimum atomic E-state index is -0.521. The summed E-state index contributed by atoms with van der Waals surface area (Å²) in [5.41, 5.74) is 5.35. The fourth-order valence-corrected chi connectivity index (χ4v) is 2.41. The van der Waals surface area contributed by atoms with E-state index in [-0.39, 0.29) is 0 Å². The summed E-state index contributed by atoms with van der Waals surface area (Å²) in [6.07, 6.45) is 0.562. The summed E-state index contributed by atoms with van der Waals surface area (Å²) in [6, 6.07) is 7.87. The van der Waals surface area contributed by atoms with Crippen LogP contribution >= 0.6 is 0 Å². The zero-order chi connectivity index (χ0) is 13.3. The van der Waals surface area contributed by atoms with E-state index >= 15 is 0 Å². The molecule has 0 aliphatic carbocycles. The molecule has 18 heavy (non-hydrogen) atoms. The molecule has 2 aromatic carbocycles. The van der Waals surface area contributed by atoms with Crippen LogP contribution < -0.4 is 0 Å². The summed E-state index contributed by atoms with van der Waals surface area (Å²) in [6.45, 7) is 6.11. The first-order valence-corrected chi connectivity index (χ1v) is 5.97. The van der Waals surface area contributed by atoms with Gasteiger partial charge in [-0.2, -0.15) is 0 Å². The maximum Gasteiger partial charge on any atom is 0.126 e. The highest BCUT2D eigenvalue weighted by molar-refractivity contribution is 5.40. The molecule has 0 amide bonds. The summed E-state index contributed by atoms with van der Waals surface area (Å²) >= 11 is 0. The van der Waals surface area contributed by atoms with E-state index in [1.807, 2.05) is 20.8 Å². The molecule has 0 spiro atoms. The number of hydrogen-bond acceptors (Lipinski definition) is 0. The van der Waals surface area contributed by atoms with Gasteiger partial charge in [-0.05, 0) is 61.6 Å². The Morgan fingerprint density at radius 3 is 1.78 bits per heavy atom. The molecular weight excluding hydrogens is 230 g/mol. The molecule has 0 aromatic heterocycles. The highest BCUT2D eigenvalue weighted by Crippen LogP contribution is 2.21. The molecule has 0 bridgehead atoms. The van der Waals surface area contributed by atoms with E-state index in [4.69, 9.17) is 0 Å². The topological polar surface area (TPSA) is 0 Å². The Balaban J connectivity index is 2.40. The maximum atomic E-state index is 13.2. The molecule has 0 fully saturated rings. The van der Waals surface area contributed by atoms with Crippen LogP contribution in [0.2, 0.25) is 0 Å². The van der Waals surface area contributed by atoms with Crippen LogP contribution in [0, 0.1) is 32.4 Å². The Kier molecular flexibility index (Phi) is 3.46. The molecule has 0 saturated heterocycles. The van der Waals surface area contributed by atoms with Gasteiger partial charge < -0.3 is 0 Å². The lowest BCUT2D eigenvalue weighted by Crippen LogP contribution is -1.98. The highest BCUT2D eigenvalue weighted by Gasteiger charge is 2.07. The van der Waals surface area contributed by atoms with Crippen molar-refractivity contribution in [3.63, 3.8) is 0 Å². The highest BCUT2D eigenvalue weighted by atomic mass is 19.1. The quantitative estimate of drug-likeness (QED) is 0.732. The van der Waals surface area contributed by atoms with Crippen LogP contribution in [-0.2, 0) is 6.42 Å². The van der Waals surface area contributed by atoms with Gasteiger partial charge in [0, 0.05) is 6.07 Å². The van der Waals surface area contributed by atoms with E-state index in [2.05, 4.69) is 12.1 Å². The largest absolute Gasteiger partial charge is 0.207 e. The minimum Gasteiger partial charge on any atom is -0.207 e. The first-order chi connectivity index (χ1) is 8.45. The van der Waals surface area contributed by atoms with Gasteiger partial charge in [-0.15, -0.1) is 0 Å². The van der Waals surface area contributed by atoms with Crippen molar-refractivity contribution in [2.24, 2.45) is 0 Å². The monoisotopic (exact) mass is 246 g/mol. The molecule has 2 heteroatoms. The number of halogens is 2. The summed E-state index contributed by atoms with van der Waals surface area (Å²) in [5, 5.41) is 0. The van der Waals surface area contributed by atoms with Gasteiger partial charge in [0.05, 0.1) is 0 Å². The second-order valence-corrected chi connectivity index (χ2v) is 4.83. The third kappa shape index (κ3) is 2.76. The molecule has 2 aromatic rings. The van der Waals surface area contributed by atoms with E-state index in [0.717, 1.165) is 22.8 Å². The first kappa shape index (κ1) is 12.7. The van der Waals surface area contributed by atoms with Crippen LogP contribution in [0.3, 0.4) is 0 Å². The SMILES string of the molecule is Cc1cc(C)c(Cc2cc(F)cc(F)c2)c(C)c1. The van der Waals surface area contributed by atoms with Gasteiger partial charge in [-0.25, -0.2) is 8.78 Å². The second kappa shape index (κ2) is 4.89. The van der Waals surface area contributed by atoms with Crippen LogP contribution in [0.1, 0.15) is 27.8 Å². The normalized spacial score (nSPS) is 10.7. The van der Waals surface area contributed by atoms with Crippen molar-refractivity contribution in [2.45, 2.75) is 27.2 Å². The van der Waals surface area contributed by atoms with Crippen molar-refractivity contribution in [1.29, 1.82) is 0 Å². The number of hydrogen-bond donors (Lipinski definition) is 0. The van der Waals surface area contributed by atoms with Crippen molar-refractivity contribution in [2.75, 3.05) is 0 Å². The Labute approximate surface area is 106 Å². The average Bonchev–Trinajstić information content (AvgIpc) is 2.22. The molecule has 0 radical (unpaired) electrons. The van der Waals surface area contributed by atoms with Gasteiger partial charge in [0.2, 0.25) is 0 Å². The van der Waals surface area contributed by atoms with E-state index in [9.17, 15) is 8.78 Å². The smallest absolute Gasteiger partial charge is 0.126 e. The maximum absolute atomic E-state index is 13.2. The van der Waals surface area contributed by atoms with Crippen molar-refractivity contribution >= 4 is 0 Å². The zero-order valence-corrected chi connectivity index (χ0v) is 10.8. The molecule has 0 saturated carbocycles. The Morgan fingerprint density at radius 1 is 0.778 bits per heavy atom. The molecule has 2 rings (SSSR count). The number of aryl methyl sites for hydroxylation is 3. The molecule has 0 aliphatic rings. The molecule has 0 nitrogen and oxygen atoms in total. The van der Waals surface area contributed by atoms with Crippen molar-refractivity contribution in [1.82, 2.24) is 0 Å².